The number of hydrogen-bond acceptors (Lipinski definition) is 5. The normalized spacial score (nSPS) is 18.5. The van der Waals surface area contributed by atoms with Gasteiger partial charge >= 0.3 is 0 Å². The molecule has 2 saturated heterocycles. The molecule has 0 aliphatic carbocycles. The van der Waals surface area contributed by atoms with Gasteiger partial charge in [0.05, 0.1) is 13.2 Å². The number of guanidine groups is 1. The Labute approximate surface area is 209 Å². The number of piperazine rings is 1. The maximum Gasteiger partial charge on any atom is 0.191 e. The fourth-order valence-corrected chi connectivity index (χ4v) is 4.07. The van der Waals surface area contributed by atoms with Gasteiger partial charge in [0, 0.05) is 82.7 Å². The minimum Gasteiger partial charge on any atom is -0.379 e. The second-order valence-corrected chi connectivity index (χ2v) is 8.24. The second-order valence-electron chi connectivity index (χ2n) is 7.80. The van der Waals surface area contributed by atoms with Crippen molar-refractivity contribution < 1.29 is 4.74 Å². The fraction of sp³-hybridized carbons (Fsp3) is 0.682. The molecule has 7 nitrogen and oxygen atoms in total. The number of halogens is 2. The molecule has 2 fully saturated rings. The van der Waals surface area contributed by atoms with Gasteiger partial charge in [0.25, 0.3) is 0 Å². The lowest BCUT2D eigenvalue weighted by atomic mass is 10.2. The first-order valence-electron chi connectivity index (χ1n) is 11.3. The molecule has 2 aliphatic heterocycles. The van der Waals surface area contributed by atoms with Crippen molar-refractivity contribution >= 4 is 47.2 Å². The van der Waals surface area contributed by atoms with Crippen LogP contribution in [0.15, 0.2) is 29.3 Å². The number of benzene rings is 1. The van der Waals surface area contributed by atoms with Gasteiger partial charge in [-0.3, -0.25) is 14.8 Å². The number of morpholine rings is 1. The van der Waals surface area contributed by atoms with Crippen molar-refractivity contribution in [1.29, 1.82) is 0 Å². The van der Waals surface area contributed by atoms with Crippen LogP contribution in [-0.2, 0) is 4.74 Å². The van der Waals surface area contributed by atoms with Gasteiger partial charge in [-0.25, -0.2) is 0 Å². The Morgan fingerprint density at radius 3 is 2.48 bits per heavy atom. The van der Waals surface area contributed by atoms with Crippen molar-refractivity contribution in [2.45, 2.75) is 13.3 Å². The predicted molar refractivity (Wildman–Crippen MR) is 141 cm³/mol. The largest absolute Gasteiger partial charge is 0.379 e. The van der Waals surface area contributed by atoms with Crippen LogP contribution in [0.25, 0.3) is 0 Å². The number of aliphatic imine (C=N–C) groups is 1. The van der Waals surface area contributed by atoms with E-state index in [4.69, 9.17) is 21.3 Å². The Morgan fingerprint density at radius 1 is 1.03 bits per heavy atom. The number of nitrogens with zero attached hydrogens (tertiary/aromatic N) is 4. The summed E-state index contributed by atoms with van der Waals surface area (Å²) in [7, 11) is 0. The van der Waals surface area contributed by atoms with E-state index < -0.39 is 0 Å². The summed E-state index contributed by atoms with van der Waals surface area (Å²) in [5, 5.41) is 7.62. The molecule has 9 heteroatoms. The van der Waals surface area contributed by atoms with E-state index in [2.05, 4.69) is 44.4 Å². The lowest BCUT2D eigenvalue weighted by Gasteiger charge is -2.36. The molecule has 2 N–H and O–H groups in total. The summed E-state index contributed by atoms with van der Waals surface area (Å²) >= 11 is 6.13. The monoisotopic (exact) mass is 564 g/mol. The third-order valence-electron chi connectivity index (χ3n) is 5.62. The maximum absolute atomic E-state index is 6.13. The Balaban J connectivity index is 0.00000341. The van der Waals surface area contributed by atoms with Crippen LogP contribution in [0.1, 0.15) is 13.3 Å². The van der Waals surface area contributed by atoms with Crippen LogP contribution >= 0.6 is 35.6 Å². The van der Waals surface area contributed by atoms with Gasteiger partial charge in [0.15, 0.2) is 5.96 Å². The molecule has 0 bridgehead atoms. The first kappa shape index (κ1) is 26.4. The molecule has 0 spiro atoms. The molecular weight excluding hydrogens is 527 g/mol. The second kappa shape index (κ2) is 15.1. The average Bonchev–Trinajstić information content (AvgIpc) is 2.78. The summed E-state index contributed by atoms with van der Waals surface area (Å²) in [6.45, 7) is 14.9. The van der Waals surface area contributed by atoms with E-state index in [9.17, 15) is 0 Å². The van der Waals surface area contributed by atoms with Gasteiger partial charge in [0.2, 0.25) is 0 Å². The first-order chi connectivity index (χ1) is 14.7. The van der Waals surface area contributed by atoms with E-state index in [-0.39, 0.29) is 24.0 Å². The number of hydrogen-bond donors (Lipinski definition) is 2. The summed E-state index contributed by atoms with van der Waals surface area (Å²) in [5.74, 6) is 0.927. The molecule has 0 aromatic heterocycles. The molecule has 2 aliphatic rings. The Morgan fingerprint density at radius 2 is 1.77 bits per heavy atom. The van der Waals surface area contributed by atoms with E-state index in [1.54, 1.807) is 0 Å². The summed E-state index contributed by atoms with van der Waals surface area (Å²) in [5.41, 5.74) is 1.23. The maximum atomic E-state index is 6.13. The minimum atomic E-state index is 0. The topological polar surface area (TPSA) is 55.4 Å². The van der Waals surface area contributed by atoms with Gasteiger partial charge in [0.1, 0.15) is 0 Å². The molecule has 0 unspecified atom stereocenters. The third kappa shape index (κ3) is 9.69. The van der Waals surface area contributed by atoms with Crippen molar-refractivity contribution in [3.63, 3.8) is 0 Å². The summed E-state index contributed by atoms with van der Waals surface area (Å²) in [6, 6.07) is 8.16. The van der Waals surface area contributed by atoms with E-state index >= 15 is 0 Å². The standard InChI is InChI=1S/C22H37ClN6O.HI/c1-2-24-22(26-8-10-28-15-17-30-18-16-28)25-7-4-9-27-11-13-29(14-12-27)21-6-3-5-20(23)19-21;/h3,5-6,19H,2,4,7-18H2,1H3,(H2,24,25,26);1H. The lowest BCUT2D eigenvalue weighted by Crippen LogP contribution is -2.46. The Bertz CT molecular complexity index is 651. The third-order valence-corrected chi connectivity index (χ3v) is 5.85. The fourth-order valence-electron chi connectivity index (χ4n) is 3.89. The van der Waals surface area contributed by atoms with Crippen molar-refractivity contribution in [2.75, 3.05) is 90.1 Å². The minimum absolute atomic E-state index is 0. The molecule has 31 heavy (non-hydrogen) atoms. The van der Waals surface area contributed by atoms with E-state index in [0.29, 0.717) is 0 Å². The van der Waals surface area contributed by atoms with Crippen molar-refractivity contribution in [3.05, 3.63) is 29.3 Å². The molecule has 0 saturated carbocycles. The highest BCUT2D eigenvalue weighted by atomic mass is 127. The Hall–Kier alpha value is -0.810. The predicted octanol–water partition coefficient (Wildman–Crippen LogP) is 2.36. The van der Waals surface area contributed by atoms with Crippen LogP contribution in [0.4, 0.5) is 5.69 Å². The quantitative estimate of drug-likeness (QED) is 0.208. The average molecular weight is 565 g/mol. The summed E-state index contributed by atoms with van der Waals surface area (Å²) < 4.78 is 5.40. The zero-order valence-electron chi connectivity index (χ0n) is 18.7. The van der Waals surface area contributed by atoms with Gasteiger partial charge in [-0.2, -0.15) is 0 Å². The zero-order valence-corrected chi connectivity index (χ0v) is 21.8. The van der Waals surface area contributed by atoms with Gasteiger partial charge < -0.3 is 20.3 Å². The molecule has 1 aromatic rings. The number of nitrogens with one attached hydrogen (secondary N) is 2. The molecular formula is C22H38ClIN6O. The van der Waals surface area contributed by atoms with Gasteiger partial charge in [-0.05, 0) is 31.5 Å². The molecule has 176 valence electrons. The summed E-state index contributed by atoms with van der Waals surface area (Å²) in [4.78, 5) is 12.1. The van der Waals surface area contributed by atoms with Crippen molar-refractivity contribution in [2.24, 2.45) is 4.99 Å². The zero-order chi connectivity index (χ0) is 21.0. The van der Waals surface area contributed by atoms with E-state index in [1.807, 2.05) is 12.1 Å². The molecule has 0 amide bonds. The van der Waals surface area contributed by atoms with Crippen LogP contribution in [0.3, 0.4) is 0 Å². The molecule has 0 atom stereocenters. The van der Waals surface area contributed by atoms with Crippen molar-refractivity contribution in [1.82, 2.24) is 20.4 Å². The highest BCUT2D eigenvalue weighted by molar-refractivity contribution is 14.0. The van der Waals surface area contributed by atoms with E-state index in [0.717, 1.165) is 103 Å². The van der Waals surface area contributed by atoms with Crippen LogP contribution < -0.4 is 15.5 Å². The van der Waals surface area contributed by atoms with Crippen LogP contribution in [0.5, 0.6) is 0 Å². The highest BCUT2D eigenvalue weighted by Crippen LogP contribution is 2.20. The van der Waals surface area contributed by atoms with Gasteiger partial charge in [-0.1, -0.05) is 17.7 Å². The van der Waals surface area contributed by atoms with Crippen molar-refractivity contribution in [3.8, 4) is 0 Å². The number of anilines is 1. The first-order valence-corrected chi connectivity index (χ1v) is 11.7. The Kier molecular flexibility index (Phi) is 12.9. The highest BCUT2D eigenvalue weighted by Gasteiger charge is 2.17. The van der Waals surface area contributed by atoms with Crippen LogP contribution in [-0.4, -0.2) is 101 Å². The smallest absolute Gasteiger partial charge is 0.191 e. The van der Waals surface area contributed by atoms with Gasteiger partial charge in [-0.15, -0.1) is 24.0 Å². The van der Waals surface area contributed by atoms with Crippen LogP contribution in [0.2, 0.25) is 5.02 Å². The SMILES string of the molecule is CCNC(=NCCCN1CCN(c2cccc(Cl)c2)CC1)NCCN1CCOCC1.I. The number of rotatable bonds is 9. The molecule has 0 radical (unpaired) electrons. The number of ether oxygens (including phenoxy) is 1. The van der Waals surface area contributed by atoms with Crippen LogP contribution in [0, 0.1) is 0 Å². The van der Waals surface area contributed by atoms with E-state index in [1.165, 1.54) is 5.69 Å². The molecule has 2 heterocycles. The molecule has 3 rings (SSSR count). The lowest BCUT2D eigenvalue weighted by molar-refractivity contribution is 0.0389. The molecule has 1 aromatic carbocycles. The summed E-state index contributed by atoms with van der Waals surface area (Å²) in [6.07, 6.45) is 1.08.